The number of aliphatic hydroxyl groups is 1. The molecular weight excluding hydrogens is 334 g/mol. The van der Waals surface area contributed by atoms with Crippen LogP contribution in [0.4, 0.5) is 10.6 Å². The number of aromatic nitrogens is 2. The van der Waals surface area contributed by atoms with Gasteiger partial charge in [-0.25, -0.2) is 14.8 Å². The molecule has 1 heterocycles. The van der Waals surface area contributed by atoms with Gasteiger partial charge in [0.15, 0.2) is 11.5 Å². The summed E-state index contributed by atoms with van der Waals surface area (Å²) in [5.41, 5.74) is 2.54. The second-order valence-corrected chi connectivity index (χ2v) is 6.06. The average molecular weight is 355 g/mol. The van der Waals surface area contributed by atoms with E-state index in [-0.39, 0.29) is 30.1 Å². The van der Waals surface area contributed by atoms with Gasteiger partial charge in [-0.05, 0) is 30.4 Å². The maximum atomic E-state index is 12.6. The summed E-state index contributed by atoms with van der Waals surface area (Å²) in [7, 11) is 0. The molecule has 0 spiro atoms. The van der Waals surface area contributed by atoms with Crippen molar-refractivity contribution in [2.75, 3.05) is 18.5 Å². The number of amides is 3. The lowest BCUT2D eigenvalue weighted by atomic mass is 10.1. The molecule has 1 aliphatic rings. The maximum Gasteiger partial charge on any atom is 0.320 e. The predicted octanol–water partition coefficient (Wildman–Crippen LogP) is 0.878. The number of anilines is 1. The van der Waals surface area contributed by atoms with Gasteiger partial charge < -0.3 is 15.7 Å². The van der Waals surface area contributed by atoms with Crippen molar-refractivity contribution in [2.45, 2.75) is 25.3 Å². The van der Waals surface area contributed by atoms with Gasteiger partial charge in [0.25, 0.3) is 5.91 Å². The van der Waals surface area contributed by atoms with Crippen LogP contribution in [-0.4, -0.2) is 46.2 Å². The Morgan fingerprint density at radius 2 is 1.81 bits per heavy atom. The molecule has 1 aliphatic carbocycles. The Morgan fingerprint density at radius 3 is 2.50 bits per heavy atom. The van der Waals surface area contributed by atoms with Crippen LogP contribution in [0, 0.1) is 0 Å². The molecule has 0 saturated carbocycles. The lowest BCUT2D eigenvalue weighted by Gasteiger charge is -2.14. The fourth-order valence-electron chi connectivity index (χ4n) is 2.94. The van der Waals surface area contributed by atoms with Crippen molar-refractivity contribution in [3.8, 4) is 0 Å². The highest BCUT2D eigenvalue weighted by atomic mass is 16.3. The molecule has 136 valence electrons. The third-order valence-corrected chi connectivity index (χ3v) is 4.15. The van der Waals surface area contributed by atoms with E-state index in [2.05, 4.69) is 38.1 Å². The van der Waals surface area contributed by atoms with E-state index in [1.807, 2.05) is 12.1 Å². The zero-order chi connectivity index (χ0) is 18.4. The Morgan fingerprint density at radius 1 is 1.12 bits per heavy atom. The Kier molecular flexibility index (Phi) is 5.75. The first kappa shape index (κ1) is 17.8. The molecule has 0 unspecified atom stereocenters. The number of benzene rings is 1. The summed E-state index contributed by atoms with van der Waals surface area (Å²) in [6.45, 7) is 0.313. The van der Waals surface area contributed by atoms with Crippen molar-refractivity contribution >= 4 is 17.8 Å². The SMILES string of the molecule is O=C(NCCCO)Nc1nccnc1C(=O)NC1Cc2ccccc2C1. The van der Waals surface area contributed by atoms with E-state index in [0.717, 1.165) is 12.8 Å². The molecule has 3 amide bonds. The van der Waals surface area contributed by atoms with Crippen LogP contribution in [0.3, 0.4) is 0 Å². The Bertz CT molecular complexity index is 771. The first-order valence-corrected chi connectivity index (χ1v) is 8.51. The molecule has 4 N–H and O–H groups in total. The van der Waals surface area contributed by atoms with Crippen molar-refractivity contribution in [1.82, 2.24) is 20.6 Å². The first-order chi connectivity index (χ1) is 12.7. The fourth-order valence-corrected chi connectivity index (χ4v) is 2.94. The molecule has 3 rings (SSSR count). The van der Waals surface area contributed by atoms with Gasteiger partial charge >= 0.3 is 6.03 Å². The molecular formula is C18H21N5O3. The zero-order valence-corrected chi connectivity index (χ0v) is 14.2. The summed E-state index contributed by atoms with van der Waals surface area (Å²) < 4.78 is 0. The van der Waals surface area contributed by atoms with Crippen molar-refractivity contribution in [3.05, 3.63) is 53.5 Å². The van der Waals surface area contributed by atoms with Gasteiger partial charge in [-0.3, -0.25) is 10.1 Å². The Hall–Kier alpha value is -3.00. The van der Waals surface area contributed by atoms with Crippen molar-refractivity contribution < 1.29 is 14.7 Å². The molecule has 8 heteroatoms. The first-order valence-electron chi connectivity index (χ1n) is 8.51. The smallest absolute Gasteiger partial charge is 0.320 e. The quantitative estimate of drug-likeness (QED) is 0.574. The van der Waals surface area contributed by atoms with Crippen LogP contribution in [-0.2, 0) is 12.8 Å². The number of urea groups is 1. The number of carbonyl (C=O) groups is 2. The molecule has 26 heavy (non-hydrogen) atoms. The van der Waals surface area contributed by atoms with E-state index in [4.69, 9.17) is 5.11 Å². The Labute approximate surface area is 151 Å². The van der Waals surface area contributed by atoms with Gasteiger partial charge in [0, 0.05) is 31.6 Å². The number of hydrogen-bond donors (Lipinski definition) is 4. The van der Waals surface area contributed by atoms with E-state index in [9.17, 15) is 9.59 Å². The second kappa shape index (κ2) is 8.39. The second-order valence-electron chi connectivity index (χ2n) is 6.06. The van der Waals surface area contributed by atoms with Crippen LogP contribution in [0.15, 0.2) is 36.7 Å². The molecule has 8 nitrogen and oxygen atoms in total. The third kappa shape index (κ3) is 4.34. The third-order valence-electron chi connectivity index (χ3n) is 4.15. The number of nitrogens with one attached hydrogen (secondary N) is 3. The lowest BCUT2D eigenvalue weighted by molar-refractivity contribution is 0.0934. The lowest BCUT2D eigenvalue weighted by Crippen LogP contribution is -2.37. The highest BCUT2D eigenvalue weighted by Crippen LogP contribution is 2.22. The minimum Gasteiger partial charge on any atom is -0.396 e. The minimum atomic E-state index is -0.499. The highest BCUT2D eigenvalue weighted by molar-refractivity contribution is 6.00. The number of rotatable bonds is 6. The molecule has 1 aromatic heterocycles. The molecule has 0 saturated heterocycles. The van der Waals surface area contributed by atoms with Crippen LogP contribution in [0.25, 0.3) is 0 Å². The summed E-state index contributed by atoms with van der Waals surface area (Å²) in [4.78, 5) is 32.5. The highest BCUT2D eigenvalue weighted by Gasteiger charge is 2.25. The van der Waals surface area contributed by atoms with Gasteiger partial charge in [-0.2, -0.15) is 0 Å². The summed E-state index contributed by atoms with van der Waals surface area (Å²) in [6.07, 6.45) is 4.81. The number of carbonyl (C=O) groups excluding carboxylic acids is 2. The molecule has 0 radical (unpaired) electrons. The molecule has 0 fully saturated rings. The van der Waals surface area contributed by atoms with E-state index in [1.54, 1.807) is 0 Å². The monoisotopic (exact) mass is 355 g/mol. The van der Waals surface area contributed by atoms with E-state index in [0.29, 0.717) is 13.0 Å². The minimum absolute atomic E-state index is 0.00635. The number of nitrogens with zero attached hydrogens (tertiary/aromatic N) is 2. The summed E-state index contributed by atoms with van der Waals surface area (Å²) >= 11 is 0. The molecule has 0 atom stereocenters. The molecule has 0 bridgehead atoms. The largest absolute Gasteiger partial charge is 0.396 e. The zero-order valence-electron chi connectivity index (χ0n) is 14.2. The van der Waals surface area contributed by atoms with Crippen LogP contribution in [0.1, 0.15) is 28.0 Å². The van der Waals surface area contributed by atoms with E-state index >= 15 is 0 Å². The van der Waals surface area contributed by atoms with Crippen LogP contribution < -0.4 is 16.0 Å². The summed E-state index contributed by atoms with van der Waals surface area (Å²) in [5, 5.41) is 16.8. The van der Waals surface area contributed by atoms with Crippen LogP contribution in [0.5, 0.6) is 0 Å². The van der Waals surface area contributed by atoms with Gasteiger partial charge in [-0.15, -0.1) is 0 Å². The predicted molar refractivity (Wildman–Crippen MR) is 95.9 cm³/mol. The topological polar surface area (TPSA) is 116 Å². The molecule has 2 aromatic rings. The number of fused-ring (bicyclic) bond motifs is 1. The van der Waals surface area contributed by atoms with Crippen LogP contribution >= 0.6 is 0 Å². The fraction of sp³-hybridized carbons (Fsp3) is 0.333. The normalized spacial score (nSPS) is 13.1. The van der Waals surface area contributed by atoms with Crippen LogP contribution in [0.2, 0.25) is 0 Å². The van der Waals surface area contributed by atoms with Crippen molar-refractivity contribution in [1.29, 1.82) is 0 Å². The summed E-state index contributed by atoms with van der Waals surface area (Å²) in [5.74, 6) is -0.274. The van der Waals surface area contributed by atoms with Gasteiger partial charge in [0.2, 0.25) is 0 Å². The number of aliphatic hydroxyl groups excluding tert-OH is 1. The maximum absolute atomic E-state index is 12.6. The Balaban J connectivity index is 1.62. The molecule has 1 aromatic carbocycles. The van der Waals surface area contributed by atoms with Gasteiger partial charge in [-0.1, -0.05) is 24.3 Å². The standard InChI is InChI=1S/C18H21N5O3/c24-9-3-6-21-18(26)23-16-15(19-7-8-20-16)17(25)22-14-10-12-4-1-2-5-13(12)11-14/h1-2,4-5,7-8,14,24H,3,6,9-11H2,(H,22,25)(H2,20,21,23,26). The van der Waals surface area contributed by atoms with E-state index in [1.165, 1.54) is 23.5 Å². The number of hydrogen-bond acceptors (Lipinski definition) is 5. The van der Waals surface area contributed by atoms with Crippen molar-refractivity contribution in [2.24, 2.45) is 0 Å². The van der Waals surface area contributed by atoms with Gasteiger partial charge in [0.05, 0.1) is 0 Å². The average Bonchev–Trinajstić information content (AvgIpc) is 3.04. The van der Waals surface area contributed by atoms with Gasteiger partial charge in [0.1, 0.15) is 0 Å². The van der Waals surface area contributed by atoms with E-state index < -0.39 is 6.03 Å². The molecule has 0 aliphatic heterocycles. The summed E-state index contributed by atoms with van der Waals surface area (Å²) in [6, 6.07) is 7.60. The van der Waals surface area contributed by atoms with Crippen molar-refractivity contribution in [3.63, 3.8) is 0 Å².